The van der Waals surface area contributed by atoms with Gasteiger partial charge in [-0.3, -0.25) is 14.4 Å². The van der Waals surface area contributed by atoms with Gasteiger partial charge in [0, 0.05) is 23.5 Å². The maximum absolute atomic E-state index is 12.3. The molecule has 150 valence electrons. The minimum atomic E-state index is -1.21. The van der Waals surface area contributed by atoms with Gasteiger partial charge in [-0.15, -0.1) is 0 Å². The zero-order valence-corrected chi connectivity index (χ0v) is 15.3. The molecule has 1 aromatic heterocycles. The Hall–Kier alpha value is -3.40. The van der Waals surface area contributed by atoms with Crippen LogP contribution in [0.15, 0.2) is 30.5 Å². The SMILES string of the molecule is C[C@H](NC(=O)[C@@H](N)CC(N)=O)C(=O)N[C@@H](Cc1c[nH]c2ccccc12)C(=O)O. The van der Waals surface area contributed by atoms with Crippen LogP contribution in [0.5, 0.6) is 0 Å². The van der Waals surface area contributed by atoms with Gasteiger partial charge in [-0.1, -0.05) is 18.2 Å². The number of H-pyrrole nitrogens is 1. The minimum absolute atomic E-state index is 0.0624. The third-order valence-electron chi connectivity index (χ3n) is 4.22. The fourth-order valence-electron chi connectivity index (χ4n) is 2.71. The number of aliphatic carboxylic acids is 1. The molecule has 0 spiro atoms. The normalized spacial score (nSPS) is 14.1. The zero-order chi connectivity index (χ0) is 20.8. The summed E-state index contributed by atoms with van der Waals surface area (Å²) in [4.78, 5) is 49.6. The van der Waals surface area contributed by atoms with Crippen LogP contribution in [0.2, 0.25) is 0 Å². The van der Waals surface area contributed by atoms with Crippen molar-refractivity contribution in [3.63, 3.8) is 0 Å². The lowest BCUT2D eigenvalue weighted by molar-refractivity contribution is -0.142. The van der Waals surface area contributed by atoms with Crippen molar-refractivity contribution in [2.45, 2.75) is 37.9 Å². The molecule has 0 bridgehead atoms. The van der Waals surface area contributed by atoms with Crippen LogP contribution in [-0.4, -0.2) is 51.9 Å². The number of fused-ring (bicyclic) bond motifs is 1. The molecular weight excluding hydrogens is 366 g/mol. The number of nitrogens with one attached hydrogen (secondary N) is 3. The lowest BCUT2D eigenvalue weighted by Crippen LogP contribution is -2.54. The molecule has 0 radical (unpaired) electrons. The number of nitrogens with two attached hydrogens (primary N) is 2. The van der Waals surface area contributed by atoms with Crippen molar-refractivity contribution in [1.82, 2.24) is 15.6 Å². The summed E-state index contributed by atoms with van der Waals surface area (Å²) < 4.78 is 0. The third kappa shape index (κ3) is 5.30. The Bertz CT molecular complexity index is 893. The van der Waals surface area contributed by atoms with Crippen molar-refractivity contribution < 1.29 is 24.3 Å². The lowest BCUT2D eigenvalue weighted by Gasteiger charge is -2.20. The number of carbonyl (C=O) groups is 4. The standard InChI is InChI=1S/C18H23N5O5/c1-9(22-17(26)12(19)7-15(20)24)16(25)23-14(18(27)28)6-10-8-21-13-5-3-2-4-11(10)13/h2-5,8-9,12,14,21H,6-7,19H2,1H3,(H2,20,24)(H,22,26)(H,23,25)(H,27,28)/t9-,12-,14-/m0/s1. The van der Waals surface area contributed by atoms with Crippen LogP contribution in [0, 0.1) is 0 Å². The van der Waals surface area contributed by atoms with Crippen LogP contribution in [0.1, 0.15) is 18.9 Å². The van der Waals surface area contributed by atoms with E-state index in [2.05, 4.69) is 15.6 Å². The lowest BCUT2D eigenvalue weighted by atomic mass is 10.0. The molecule has 0 saturated heterocycles. The van der Waals surface area contributed by atoms with E-state index in [9.17, 15) is 24.3 Å². The Labute approximate surface area is 160 Å². The Morgan fingerprint density at radius 1 is 1.14 bits per heavy atom. The van der Waals surface area contributed by atoms with E-state index in [-0.39, 0.29) is 12.8 Å². The number of carbonyl (C=O) groups excluding carboxylic acids is 3. The highest BCUT2D eigenvalue weighted by atomic mass is 16.4. The number of benzene rings is 1. The van der Waals surface area contributed by atoms with E-state index in [4.69, 9.17) is 11.5 Å². The number of carboxylic acid groups (broad SMARTS) is 1. The van der Waals surface area contributed by atoms with Gasteiger partial charge in [0.05, 0.1) is 12.5 Å². The first-order valence-corrected chi connectivity index (χ1v) is 8.61. The van der Waals surface area contributed by atoms with Crippen LogP contribution in [0.3, 0.4) is 0 Å². The number of aromatic nitrogens is 1. The average molecular weight is 389 g/mol. The number of primary amides is 1. The van der Waals surface area contributed by atoms with Gasteiger partial charge in [0.15, 0.2) is 0 Å². The smallest absolute Gasteiger partial charge is 0.326 e. The number of para-hydroxylation sites is 1. The highest BCUT2D eigenvalue weighted by Gasteiger charge is 2.26. The molecule has 10 nitrogen and oxygen atoms in total. The predicted octanol–water partition coefficient (Wildman–Crippen LogP) is -1.01. The number of carboxylic acids is 1. The molecule has 0 aliphatic heterocycles. The maximum Gasteiger partial charge on any atom is 0.326 e. The van der Waals surface area contributed by atoms with Crippen molar-refractivity contribution in [3.8, 4) is 0 Å². The van der Waals surface area contributed by atoms with Crippen molar-refractivity contribution >= 4 is 34.6 Å². The van der Waals surface area contributed by atoms with Gasteiger partial charge in [0.1, 0.15) is 12.1 Å². The first kappa shape index (κ1) is 20.9. The van der Waals surface area contributed by atoms with Crippen LogP contribution < -0.4 is 22.1 Å². The van der Waals surface area contributed by atoms with Gasteiger partial charge in [-0.2, -0.15) is 0 Å². The average Bonchev–Trinajstić information content (AvgIpc) is 3.03. The van der Waals surface area contributed by atoms with Crippen LogP contribution in [0.25, 0.3) is 10.9 Å². The van der Waals surface area contributed by atoms with Crippen LogP contribution in [0.4, 0.5) is 0 Å². The summed E-state index contributed by atoms with van der Waals surface area (Å²) in [6, 6.07) is 3.98. The van der Waals surface area contributed by atoms with Crippen molar-refractivity contribution in [1.29, 1.82) is 0 Å². The van der Waals surface area contributed by atoms with E-state index in [0.29, 0.717) is 0 Å². The molecule has 0 unspecified atom stereocenters. The number of aromatic amines is 1. The summed E-state index contributed by atoms with van der Waals surface area (Å²) in [5.74, 6) is -3.37. The summed E-state index contributed by atoms with van der Waals surface area (Å²) in [7, 11) is 0. The first-order chi connectivity index (χ1) is 13.2. The van der Waals surface area contributed by atoms with E-state index >= 15 is 0 Å². The second-order valence-corrected chi connectivity index (χ2v) is 6.47. The molecule has 3 amide bonds. The summed E-state index contributed by atoms with van der Waals surface area (Å²) in [6.45, 7) is 1.38. The molecule has 28 heavy (non-hydrogen) atoms. The maximum atomic E-state index is 12.3. The number of hydrogen-bond donors (Lipinski definition) is 6. The topological polar surface area (TPSA) is 180 Å². The second-order valence-electron chi connectivity index (χ2n) is 6.47. The molecule has 0 saturated carbocycles. The molecule has 0 aliphatic rings. The molecule has 3 atom stereocenters. The highest BCUT2D eigenvalue weighted by Crippen LogP contribution is 2.19. The summed E-state index contributed by atoms with van der Waals surface area (Å²) in [5.41, 5.74) is 12.1. The summed E-state index contributed by atoms with van der Waals surface area (Å²) in [5, 5.41) is 15.1. The van der Waals surface area contributed by atoms with Gasteiger partial charge < -0.3 is 32.2 Å². The Morgan fingerprint density at radius 3 is 2.46 bits per heavy atom. The van der Waals surface area contributed by atoms with Gasteiger partial charge in [0.2, 0.25) is 17.7 Å². The molecule has 10 heteroatoms. The first-order valence-electron chi connectivity index (χ1n) is 8.61. The molecular formula is C18H23N5O5. The van der Waals surface area contributed by atoms with Gasteiger partial charge in [-0.25, -0.2) is 4.79 Å². The zero-order valence-electron chi connectivity index (χ0n) is 15.3. The summed E-state index contributed by atoms with van der Waals surface area (Å²) in [6.07, 6.45) is 1.40. The monoisotopic (exact) mass is 389 g/mol. The number of hydrogen-bond acceptors (Lipinski definition) is 5. The molecule has 1 aromatic carbocycles. The largest absolute Gasteiger partial charge is 0.480 e. The Morgan fingerprint density at radius 2 is 1.82 bits per heavy atom. The number of amides is 3. The third-order valence-corrected chi connectivity index (χ3v) is 4.22. The van der Waals surface area contributed by atoms with Gasteiger partial charge in [-0.05, 0) is 18.6 Å². The Kier molecular flexibility index (Phi) is 6.72. The van der Waals surface area contributed by atoms with E-state index in [0.717, 1.165) is 16.5 Å². The Balaban J connectivity index is 2.01. The molecule has 8 N–H and O–H groups in total. The molecule has 2 aromatic rings. The predicted molar refractivity (Wildman–Crippen MR) is 101 cm³/mol. The number of rotatable bonds is 9. The van der Waals surface area contributed by atoms with Crippen molar-refractivity contribution in [3.05, 3.63) is 36.0 Å². The van der Waals surface area contributed by atoms with E-state index in [1.54, 1.807) is 6.20 Å². The van der Waals surface area contributed by atoms with Gasteiger partial charge in [0.25, 0.3) is 0 Å². The van der Waals surface area contributed by atoms with Crippen molar-refractivity contribution in [2.75, 3.05) is 0 Å². The fourth-order valence-corrected chi connectivity index (χ4v) is 2.71. The van der Waals surface area contributed by atoms with Crippen LogP contribution >= 0.6 is 0 Å². The quantitative estimate of drug-likeness (QED) is 0.319. The molecule has 0 fully saturated rings. The summed E-state index contributed by atoms with van der Waals surface area (Å²) >= 11 is 0. The second kappa shape index (κ2) is 9.00. The van der Waals surface area contributed by atoms with Crippen molar-refractivity contribution in [2.24, 2.45) is 11.5 Å². The van der Waals surface area contributed by atoms with Crippen LogP contribution in [-0.2, 0) is 25.6 Å². The van der Waals surface area contributed by atoms with Gasteiger partial charge >= 0.3 is 5.97 Å². The highest BCUT2D eigenvalue weighted by molar-refractivity contribution is 5.93. The molecule has 2 rings (SSSR count). The fraction of sp³-hybridized carbons (Fsp3) is 0.333. The van der Waals surface area contributed by atoms with E-state index < -0.39 is 41.8 Å². The minimum Gasteiger partial charge on any atom is -0.480 e. The van der Waals surface area contributed by atoms with E-state index in [1.807, 2.05) is 24.3 Å². The molecule has 1 heterocycles. The van der Waals surface area contributed by atoms with E-state index in [1.165, 1.54) is 6.92 Å². The molecule has 0 aliphatic carbocycles.